The molecule has 0 spiro atoms. The second-order valence-electron chi connectivity index (χ2n) is 4.91. The summed E-state index contributed by atoms with van der Waals surface area (Å²) in [6, 6.07) is 0. The zero-order chi connectivity index (χ0) is 12.5. The van der Waals surface area contributed by atoms with Gasteiger partial charge < -0.3 is 5.11 Å². The Morgan fingerprint density at radius 3 is 2.38 bits per heavy atom. The van der Waals surface area contributed by atoms with Crippen molar-refractivity contribution in [3.05, 3.63) is 0 Å². The van der Waals surface area contributed by atoms with E-state index in [2.05, 4.69) is 0 Å². The van der Waals surface area contributed by atoms with Gasteiger partial charge in [-0.3, -0.25) is 4.79 Å². The molecule has 5 nitrogen and oxygen atoms in total. The fraction of sp³-hybridized carbons (Fsp3) is 0.900. The highest BCUT2D eigenvalue weighted by molar-refractivity contribution is 7.89. The number of carboxylic acid groups (broad SMARTS) is 1. The molecule has 0 radical (unpaired) electrons. The average molecular weight is 249 g/mol. The van der Waals surface area contributed by atoms with Crippen LogP contribution >= 0.6 is 0 Å². The van der Waals surface area contributed by atoms with Gasteiger partial charge >= 0.3 is 5.97 Å². The maximum Gasteiger partial charge on any atom is 0.308 e. The van der Waals surface area contributed by atoms with E-state index < -0.39 is 21.9 Å². The van der Waals surface area contributed by atoms with E-state index in [0.29, 0.717) is 6.54 Å². The Balaban J connectivity index is 2.75. The molecular weight excluding hydrogens is 230 g/mol. The molecule has 0 saturated carbocycles. The molecule has 2 atom stereocenters. The van der Waals surface area contributed by atoms with Crippen LogP contribution in [-0.4, -0.2) is 42.6 Å². The molecule has 1 rings (SSSR count). The van der Waals surface area contributed by atoms with E-state index in [0.717, 1.165) is 0 Å². The number of hydrogen-bond donors (Lipinski definition) is 1. The summed E-state index contributed by atoms with van der Waals surface area (Å²) in [5.41, 5.74) is 0. The molecular formula is C10H19NO4S. The second-order valence-corrected chi connectivity index (χ2v) is 6.92. The number of carbonyl (C=O) groups is 1. The van der Waals surface area contributed by atoms with Crippen molar-refractivity contribution in [2.45, 2.75) is 20.8 Å². The van der Waals surface area contributed by atoms with E-state index in [4.69, 9.17) is 5.11 Å². The Morgan fingerprint density at radius 1 is 1.44 bits per heavy atom. The van der Waals surface area contributed by atoms with Gasteiger partial charge in [-0.1, -0.05) is 20.8 Å². The number of aliphatic carboxylic acids is 1. The van der Waals surface area contributed by atoms with Gasteiger partial charge in [0.1, 0.15) is 0 Å². The molecule has 1 heterocycles. The Labute approximate surface area is 96.5 Å². The van der Waals surface area contributed by atoms with Gasteiger partial charge in [0.05, 0.1) is 11.7 Å². The smallest absolute Gasteiger partial charge is 0.308 e. The summed E-state index contributed by atoms with van der Waals surface area (Å²) in [7, 11) is -3.29. The topological polar surface area (TPSA) is 74.7 Å². The fourth-order valence-electron chi connectivity index (χ4n) is 2.00. The molecule has 1 saturated heterocycles. The molecule has 0 aliphatic carbocycles. The van der Waals surface area contributed by atoms with Crippen LogP contribution in [0.25, 0.3) is 0 Å². The maximum atomic E-state index is 11.9. The Bertz CT molecular complexity index is 363. The Hall–Kier alpha value is -0.620. The second kappa shape index (κ2) is 4.71. The lowest BCUT2D eigenvalue weighted by Crippen LogP contribution is -2.33. The van der Waals surface area contributed by atoms with Crippen molar-refractivity contribution in [3.63, 3.8) is 0 Å². The molecule has 94 valence electrons. The number of carboxylic acids is 1. The molecule has 16 heavy (non-hydrogen) atoms. The monoisotopic (exact) mass is 249 g/mol. The van der Waals surface area contributed by atoms with Gasteiger partial charge in [-0.05, 0) is 11.8 Å². The van der Waals surface area contributed by atoms with Crippen LogP contribution in [0.4, 0.5) is 0 Å². The van der Waals surface area contributed by atoms with Crippen LogP contribution in [0.3, 0.4) is 0 Å². The highest BCUT2D eigenvalue weighted by Gasteiger charge is 2.39. The zero-order valence-electron chi connectivity index (χ0n) is 9.88. The quantitative estimate of drug-likeness (QED) is 0.792. The third-order valence-electron chi connectivity index (χ3n) is 2.83. The molecule has 1 fully saturated rings. The molecule has 1 aliphatic rings. The summed E-state index contributed by atoms with van der Waals surface area (Å²) in [5, 5.41) is 8.93. The molecule has 0 amide bonds. The molecule has 6 heteroatoms. The summed E-state index contributed by atoms with van der Waals surface area (Å²) in [4.78, 5) is 10.9. The van der Waals surface area contributed by atoms with Crippen molar-refractivity contribution in [2.24, 2.45) is 17.8 Å². The van der Waals surface area contributed by atoms with Crippen molar-refractivity contribution in [3.8, 4) is 0 Å². The van der Waals surface area contributed by atoms with E-state index in [1.807, 2.05) is 13.8 Å². The summed E-state index contributed by atoms with van der Waals surface area (Å²) < 4.78 is 25.1. The maximum absolute atomic E-state index is 11.9. The first-order chi connectivity index (χ1) is 7.24. The molecule has 1 N–H and O–H groups in total. The highest BCUT2D eigenvalue weighted by Crippen LogP contribution is 2.26. The molecule has 1 aliphatic heterocycles. The summed E-state index contributed by atoms with van der Waals surface area (Å²) in [5.74, 6) is -1.44. The fourth-order valence-corrected chi connectivity index (χ4v) is 3.90. The van der Waals surface area contributed by atoms with Gasteiger partial charge in [0.25, 0.3) is 0 Å². The third-order valence-corrected chi connectivity index (χ3v) is 5.01. The van der Waals surface area contributed by atoms with Crippen molar-refractivity contribution in [1.82, 2.24) is 4.31 Å². The minimum atomic E-state index is -3.29. The number of hydrogen-bond acceptors (Lipinski definition) is 3. The van der Waals surface area contributed by atoms with Crippen LogP contribution in [0.5, 0.6) is 0 Å². The van der Waals surface area contributed by atoms with E-state index in [-0.39, 0.29) is 24.1 Å². The first-order valence-electron chi connectivity index (χ1n) is 5.44. The van der Waals surface area contributed by atoms with Crippen molar-refractivity contribution >= 4 is 16.0 Å². The summed E-state index contributed by atoms with van der Waals surface area (Å²) in [6.45, 7) is 5.90. The molecule has 0 aromatic rings. The predicted molar refractivity (Wildman–Crippen MR) is 60.5 cm³/mol. The number of nitrogens with zero attached hydrogens (tertiary/aromatic N) is 1. The lowest BCUT2D eigenvalue weighted by Gasteiger charge is -2.17. The molecule has 0 aromatic heterocycles. The molecule has 2 unspecified atom stereocenters. The predicted octanol–water partition coefficient (Wildman–Crippen LogP) is 0.625. The van der Waals surface area contributed by atoms with E-state index in [1.54, 1.807) is 6.92 Å². The van der Waals surface area contributed by atoms with E-state index in [9.17, 15) is 13.2 Å². The van der Waals surface area contributed by atoms with Crippen LogP contribution in [0.2, 0.25) is 0 Å². The van der Waals surface area contributed by atoms with Crippen LogP contribution in [0.15, 0.2) is 0 Å². The van der Waals surface area contributed by atoms with Gasteiger partial charge in [-0.2, -0.15) is 0 Å². The first-order valence-corrected chi connectivity index (χ1v) is 7.05. The minimum Gasteiger partial charge on any atom is -0.481 e. The van der Waals surface area contributed by atoms with Gasteiger partial charge in [0.15, 0.2) is 0 Å². The normalized spacial score (nSPS) is 27.5. The van der Waals surface area contributed by atoms with Gasteiger partial charge in [-0.15, -0.1) is 0 Å². The highest BCUT2D eigenvalue weighted by atomic mass is 32.2. The zero-order valence-corrected chi connectivity index (χ0v) is 10.7. The van der Waals surface area contributed by atoms with Gasteiger partial charge in [0, 0.05) is 13.1 Å². The summed E-state index contributed by atoms with van der Waals surface area (Å²) in [6.07, 6.45) is 0. The summed E-state index contributed by atoms with van der Waals surface area (Å²) >= 11 is 0. The Morgan fingerprint density at radius 2 is 2.00 bits per heavy atom. The standard InChI is InChI=1S/C10H19NO4S/c1-7(2)6-16(14,15)11-4-8(3)9(5-11)10(12)13/h7-9H,4-6H2,1-3H3,(H,12,13). The molecule has 0 bridgehead atoms. The lowest BCUT2D eigenvalue weighted by molar-refractivity contribution is -0.142. The van der Waals surface area contributed by atoms with E-state index >= 15 is 0 Å². The lowest BCUT2D eigenvalue weighted by atomic mass is 9.99. The van der Waals surface area contributed by atoms with Crippen molar-refractivity contribution in [1.29, 1.82) is 0 Å². The van der Waals surface area contributed by atoms with Crippen LogP contribution in [-0.2, 0) is 14.8 Å². The number of sulfonamides is 1. The van der Waals surface area contributed by atoms with Gasteiger partial charge in [-0.25, -0.2) is 12.7 Å². The van der Waals surface area contributed by atoms with E-state index in [1.165, 1.54) is 4.31 Å². The SMILES string of the molecule is CC(C)CS(=O)(=O)N1CC(C)C(C(=O)O)C1. The average Bonchev–Trinajstić information content (AvgIpc) is 2.45. The first kappa shape index (κ1) is 13.4. The number of rotatable bonds is 4. The third kappa shape index (κ3) is 2.95. The minimum absolute atomic E-state index is 0.0594. The van der Waals surface area contributed by atoms with Crippen LogP contribution < -0.4 is 0 Å². The van der Waals surface area contributed by atoms with Crippen LogP contribution in [0, 0.1) is 17.8 Å². The van der Waals surface area contributed by atoms with Crippen molar-refractivity contribution < 1.29 is 18.3 Å². The molecule has 0 aromatic carbocycles. The van der Waals surface area contributed by atoms with Crippen LogP contribution in [0.1, 0.15) is 20.8 Å². The largest absolute Gasteiger partial charge is 0.481 e. The van der Waals surface area contributed by atoms with Crippen molar-refractivity contribution in [2.75, 3.05) is 18.8 Å². The Kier molecular flexibility index (Phi) is 3.96. The van der Waals surface area contributed by atoms with Gasteiger partial charge in [0.2, 0.25) is 10.0 Å².